The number of carbonyl (C=O) groups excluding carboxylic acids is 2. The summed E-state index contributed by atoms with van der Waals surface area (Å²) in [5.41, 5.74) is 3.03. The van der Waals surface area contributed by atoms with Gasteiger partial charge in [-0.2, -0.15) is 9.78 Å². The molecule has 0 saturated carbocycles. The Hall–Kier alpha value is -4.14. The molecule has 3 aromatic rings. The van der Waals surface area contributed by atoms with Crippen LogP contribution in [0.4, 0.5) is 5.69 Å². The number of ether oxygens (including phenoxy) is 3. The maximum atomic E-state index is 12.2. The Morgan fingerprint density at radius 1 is 1.09 bits per heavy atom. The molecular formula is C24H24N4O5. The molecule has 0 spiro atoms. The predicted molar refractivity (Wildman–Crippen MR) is 120 cm³/mol. The van der Waals surface area contributed by atoms with E-state index in [1.165, 1.54) is 20.0 Å². The number of rotatable bonds is 6. The first-order chi connectivity index (χ1) is 15.8. The second-order valence-corrected chi connectivity index (χ2v) is 7.94. The number of carbonyl (C=O) groups is 2. The fourth-order valence-electron chi connectivity index (χ4n) is 3.39. The van der Waals surface area contributed by atoms with Crippen molar-refractivity contribution >= 4 is 17.6 Å². The third-order valence-electron chi connectivity index (χ3n) is 4.90. The zero-order valence-electron chi connectivity index (χ0n) is 18.8. The molecule has 4 rings (SSSR count). The minimum absolute atomic E-state index is 0.208. The fourth-order valence-corrected chi connectivity index (χ4v) is 3.39. The van der Waals surface area contributed by atoms with Crippen molar-refractivity contribution in [2.75, 3.05) is 12.4 Å². The van der Waals surface area contributed by atoms with Gasteiger partial charge in [-0.15, -0.1) is 0 Å². The molecule has 0 bridgehead atoms. The van der Waals surface area contributed by atoms with Gasteiger partial charge in [-0.3, -0.25) is 0 Å². The number of aromatic nitrogens is 3. The highest BCUT2D eigenvalue weighted by Crippen LogP contribution is 2.25. The van der Waals surface area contributed by atoms with E-state index in [1.807, 2.05) is 55.5 Å². The van der Waals surface area contributed by atoms with Gasteiger partial charge in [-0.05, 0) is 30.7 Å². The summed E-state index contributed by atoms with van der Waals surface area (Å²) in [5.74, 6) is -1.55. The zero-order valence-corrected chi connectivity index (χ0v) is 18.8. The quantitative estimate of drug-likeness (QED) is 0.348. The van der Waals surface area contributed by atoms with E-state index in [4.69, 9.17) is 14.2 Å². The van der Waals surface area contributed by atoms with Crippen molar-refractivity contribution in [3.63, 3.8) is 0 Å². The van der Waals surface area contributed by atoms with Gasteiger partial charge >= 0.3 is 11.9 Å². The molecule has 170 valence electrons. The molecule has 2 aromatic heterocycles. The molecule has 0 unspecified atom stereocenters. The number of aryl methyl sites for hydroxylation is 1. The van der Waals surface area contributed by atoms with E-state index < -0.39 is 17.7 Å². The lowest BCUT2D eigenvalue weighted by Gasteiger charge is -2.29. The van der Waals surface area contributed by atoms with Gasteiger partial charge in [-0.25, -0.2) is 14.6 Å². The molecule has 0 aliphatic carbocycles. The lowest BCUT2D eigenvalue weighted by Crippen LogP contribution is -2.42. The van der Waals surface area contributed by atoms with Crippen LogP contribution in [0.5, 0.6) is 5.88 Å². The van der Waals surface area contributed by atoms with Crippen molar-refractivity contribution in [2.45, 2.75) is 33.0 Å². The Kier molecular flexibility index (Phi) is 5.87. The minimum atomic E-state index is -1.28. The average molecular weight is 448 g/mol. The number of anilines is 1. The Morgan fingerprint density at radius 3 is 2.52 bits per heavy atom. The van der Waals surface area contributed by atoms with E-state index in [9.17, 15) is 9.59 Å². The Balaban J connectivity index is 1.58. The van der Waals surface area contributed by atoms with Crippen LogP contribution in [0.2, 0.25) is 0 Å². The van der Waals surface area contributed by atoms with Crippen LogP contribution in [-0.2, 0) is 25.5 Å². The van der Waals surface area contributed by atoms with E-state index in [0.29, 0.717) is 23.8 Å². The summed E-state index contributed by atoms with van der Waals surface area (Å²) >= 11 is 0. The minimum Gasteiger partial charge on any atom is -0.481 e. The first-order valence-corrected chi connectivity index (χ1v) is 10.3. The molecule has 1 N–H and O–H groups in total. The highest BCUT2D eigenvalue weighted by Gasteiger charge is 2.39. The van der Waals surface area contributed by atoms with E-state index >= 15 is 0 Å². The normalized spacial score (nSPS) is 15.0. The number of esters is 2. The van der Waals surface area contributed by atoms with Crippen LogP contribution < -0.4 is 10.1 Å². The summed E-state index contributed by atoms with van der Waals surface area (Å²) in [4.78, 5) is 28.9. The van der Waals surface area contributed by atoms with Crippen LogP contribution >= 0.6 is 0 Å². The van der Waals surface area contributed by atoms with Gasteiger partial charge in [0, 0.05) is 43.9 Å². The number of methoxy groups -OCH3 is 1. The van der Waals surface area contributed by atoms with Gasteiger partial charge < -0.3 is 19.5 Å². The number of nitrogens with zero attached hydrogens (tertiary/aromatic N) is 3. The number of para-hydroxylation sites is 1. The molecule has 0 radical (unpaired) electrons. The predicted octanol–water partition coefficient (Wildman–Crippen LogP) is 3.31. The molecule has 0 atom stereocenters. The summed E-state index contributed by atoms with van der Waals surface area (Å²) in [5, 5.41) is 7.68. The summed E-state index contributed by atoms with van der Waals surface area (Å²) in [6, 6.07) is 15.0. The number of nitrogens with one attached hydrogen (secondary N) is 1. The van der Waals surface area contributed by atoms with Crippen molar-refractivity contribution in [2.24, 2.45) is 0 Å². The number of pyridine rings is 1. The second kappa shape index (κ2) is 8.78. The van der Waals surface area contributed by atoms with Gasteiger partial charge in [0.15, 0.2) is 11.4 Å². The van der Waals surface area contributed by atoms with Gasteiger partial charge in [0.25, 0.3) is 5.79 Å². The SMILES string of the molecule is COc1cc(Cc2ccccc2NC=C2C(=O)OC(C)(C)OC2=O)nn1-c1cccc(C)n1. The summed E-state index contributed by atoms with van der Waals surface area (Å²) in [7, 11) is 1.58. The maximum Gasteiger partial charge on any atom is 0.350 e. The van der Waals surface area contributed by atoms with Crippen molar-refractivity contribution in [1.82, 2.24) is 14.8 Å². The molecule has 1 saturated heterocycles. The average Bonchev–Trinajstić information content (AvgIpc) is 3.16. The number of benzene rings is 1. The topological polar surface area (TPSA) is 105 Å². The van der Waals surface area contributed by atoms with Crippen LogP contribution in [0.15, 0.2) is 60.3 Å². The smallest absolute Gasteiger partial charge is 0.350 e. The molecular weight excluding hydrogens is 424 g/mol. The summed E-state index contributed by atoms with van der Waals surface area (Å²) in [6.07, 6.45) is 1.78. The number of cyclic esters (lactones) is 2. The lowest BCUT2D eigenvalue weighted by molar-refractivity contribution is -0.222. The first kappa shape index (κ1) is 22.1. The largest absolute Gasteiger partial charge is 0.481 e. The van der Waals surface area contributed by atoms with Crippen LogP contribution in [0, 0.1) is 6.92 Å². The van der Waals surface area contributed by atoms with Crippen molar-refractivity contribution in [1.29, 1.82) is 0 Å². The maximum absolute atomic E-state index is 12.2. The molecule has 1 aliphatic heterocycles. The monoisotopic (exact) mass is 448 g/mol. The molecule has 1 aromatic carbocycles. The van der Waals surface area contributed by atoms with Gasteiger partial charge in [0.2, 0.25) is 5.88 Å². The van der Waals surface area contributed by atoms with Gasteiger partial charge in [0.05, 0.1) is 12.8 Å². The van der Waals surface area contributed by atoms with Crippen LogP contribution in [0.1, 0.15) is 30.8 Å². The molecule has 9 heteroatoms. The van der Waals surface area contributed by atoms with Crippen molar-refractivity contribution < 1.29 is 23.8 Å². The number of hydrogen-bond donors (Lipinski definition) is 1. The van der Waals surface area contributed by atoms with E-state index in [0.717, 1.165) is 17.0 Å². The third-order valence-corrected chi connectivity index (χ3v) is 4.90. The first-order valence-electron chi connectivity index (χ1n) is 10.3. The van der Waals surface area contributed by atoms with Crippen LogP contribution in [0.3, 0.4) is 0 Å². The Morgan fingerprint density at radius 2 is 1.82 bits per heavy atom. The van der Waals surface area contributed by atoms with Gasteiger partial charge in [-0.1, -0.05) is 24.3 Å². The van der Waals surface area contributed by atoms with E-state index in [1.54, 1.807) is 11.8 Å². The van der Waals surface area contributed by atoms with Crippen molar-refractivity contribution in [3.05, 3.63) is 77.3 Å². The molecule has 1 fully saturated rings. The molecule has 3 heterocycles. The van der Waals surface area contributed by atoms with Crippen LogP contribution in [-0.4, -0.2) is 39.6 Å². The highest BCUT2D eigenvalue weighted by atomic mass is 16.7. The second-order valence-electron chi connectivity index (χ2n) is 7.94. The van der Waals surface area contributed by atoms with Crippen molar-refractivity contribution in [3.8, 4) is 11.7 Å². The molecule has 9 nitrogen and oxygen atoms in total. The molecule has 33 heavy (non-hydrogen) atoms. The molecule has 0 amide bonds. The van der Waals surface area contributed by atoms with E-state index in [2.05, 4.69) is 15.4 Å². The highest BCUT2D eigenvalue weighted by molar-refractivity contribution is 6.15. The van der Waals surface area contributed by atoms with Gasteiger partial charge in [0.1, 0.15) is 0 Å². The zero-order chi connectivity index (χ0) is 23.6. The lowest BCUT2D eigenvalue weighted by atomic mass is 10.1. The number of hydrogen-bond acceptors (Lipinski definition) is 8. The standard InChI is InChI=1S/C24H24N4O5/c1-15-8-7-11-20(26-15)28-21(31-4)13-17(27-28)12-16-9-5-6-10-19(16)25-14-18-22(29)32-24(2,3)33-23(18)30/h5-11,13-14,25H,12H2,1-4H3. The van der Waals surface area contributed by atoms with Crippen LogP contribution in [0.25, 0.3) is 5.82 Å². The summed E-state index contributed by atoms with van der Waals surface area (Å²) < 4.78 is 17.4. The van der Waals surface area contributed by atoms with E-state index in [-0.39, 0.29) is 5.57 Å². The Labute approximate surface area is 191 Å². The Bertz CT molecular complexity index is 1220. The fraction of sp³-hybridized carbons (Fsp3) is 0.250. The summed E-state index contributed by atoms with van der Waals surface area (Å²) in [6.45, 7) is 4.92. The third kappa shape index (κ3) is 4.87. The molecule has 1 aliphatic rings.